The molecule has 0 spiro atoms. The van der Waals surface area contributed by atoms with Crippen molar-refractivity contribution >= 4 is 0 Å². The molecule has 0 aliphatic heterocycles. The summed E-state index contributed by atoms with van der Waals surface area (Å²) in [7, 11) is 2.11. The normalized spacial score (nSPS) is 11.9. The average molecular weight is 299 g/mol. The molecule has 0 heterocycles. The van der Waals surface area contributed by atoms with Crippen molar-refractivity contribution in [3.63, 3.8) is 0 Å². The van der Waals surface area contributed by atoms with Crippen molar-refractivity contribution < 1.29 is 0 Å². The molecule has 0 bridgehead atoms. The number of hydrogen-bond acceptors (Lipinski definition) is 3. The molecule has 1 aromatic carbocycles. The Morgan fingerprint density at radius 3 is 2.64 bits per heavy atom. The minimum atomic E-state index is 0.668. The van der Waals surface area contributed by atoms with Gasteiger partial charge in [-0.25, -0.2) is 0 Å². The van der Waals surface area contributed by atoms with Crippen molar-refractivity contribution in [1.29, 1.82) is 0 Å². The topological polar surface area (TPSA) is 41.3 Å². The number of nitrogens with two attached hydrogens (primary N) is 1. The van der Waals surface area contributed by atoms with E-state index in [0.29, 0.717) is 6.54 Å². The zero-order chi connectivity index (χ0) is 16.2. The van der Waals surface area contributed by atoms with Crippen LogP contribution < -0.4 is 11.1 Å². The highest BCUT2D eigenvalue weighted by atomic mass is 15.1. The van der Waals surface area contributed by atoms with Gasteiger partial charge in [0.05, 0.1) is 0 Å². The Morgan fingerprint density at radius 1 is 1.27 bits per heavy atom. The SMILES string of the molecule is C=C(CCNCCN)/C(=C\C=C/C)N(C)Cc1ccccc1. The van der Waals surface area contributed by atoms with Crippen LogP contribution >= 0.6 is 0 Å². The third-order valence-electron chi connectivity index (χ3n) is 3.41. The summed E-state index contributed by atoms with van der Waals surface area (Å²) in [6, 6.07) is 10.5. The highest BCUT2D eigenvalue weighted by Gasteiger charge is 2.08. The highest BCUT2D eigenvalue weighted by Crippen LogP contribution is 2.18. The summed E-state index contributed by atoms with van der Waals surface area (Å²) in [6.07, 6.45) is 7.16. The summed E-state index contributed by atoms with van der Waals surface area (Å²) in [5.41, 5.74) is 9.11. The zero-order valence-corrected chi connectivity index (χ0v) is 13.9. The molecule has 0 atom stereocenters. The molecule has 0 saturated carbocycles. The second kappa shape index (κ2) is 10.8. The molecule has 120 valence electrons. The van der Waals surface area contributed by atoms with Crippen LogP contribution in [-0.2, 0) is 6.54 Å². The van der Waals surface area contributed by atoms with Gasteiger partial charge in [-0.3, -0.25) is 0 Å². The predicted octanol–water partition coefficient (Wildman–Crippen LogP) is 3.07. The second-order valence-corrected chi connectivity index (χ2v) is 5.31. The van der Waals surface area contributed by atoms with E-state index < -0.39 is 0 Å². The first-order valence-electron chi connectivity index (χ1n) is 7.86. The van der Waals surface area contributed by atoms with Gasteiger partial charge in [-0.05, 0) is 37.1 Å². The minimum Gasteiger partial charge on any atom is -0.370 e. The molecule has 3 N–H and O–H groups in total. The van der Waals surface area contributed by atoms with Crippen LogP contribution in [0, 0.1) is 0 Å². The standard InChI is InChI=1S/C19H29N3/c1-4-5-11-19(17(2)12-14-21-15-13-20)22(3)16-18-9-7-6-8-10-18/h4-11,21H,2,12-16,20H2,1,3H3/b5-4-,19-11+. The van der Waals surface area contributed by atoms with Gasteiger partial charge in [0, 0.05) is 32.4 Å². The van der Waals surface area contributed by atoms with Crippen molar-refractivity contribution in [2.24, 2.45) is 5.73 Å². The van der Waals surface area contributed by atoms with Crippen molar-refractivity contribution in [2.75, 3.05) is 26.7 Å². The molecule has 0 unspecified atom stereocenters. The molecule has 22 heavy (non-hydrogen) atoms. The Balaban J connectivity index is 2.68. The lowest BCUT2D eigenvalue weighted by atomic mass is 10.1. The molecule has 0 amide bonds. The molecule has 1 aromatic rings. The molecule has 0 aromatic heterocycles. The van der Waals surface area contributed by atoms with E-state index in [1.54, 1.807) is 0 Å². The number of rotatable bonds is 10. The molecular weight excluding hydrogens is 270 g/mol. The van der Waals surface area contributed by atoms with Crippen molar-refractivity contribution in [1.82, 2.24) is 10.2 Å². The van der Waals surface area contributed by atoms with E-state index in [-0.39, 0.29) is 0 Å². The molecule has 0 aliphatic carbocycles. The van der Waals surface area contributed by atoms with Crippen LogP contribution in [0.5, 0.6) is 0 Å². The molecule has 0 radical (unpaired) electrons. The fourth-order valence-electron chi connectivity index (χ4n) is 2.24. The van der Waals surface area contributed by atoms with Gasteiger partial charge in [0.2, 0.25) is 0 Å². The lowest BCUT2D eigenvalue weighted by Gasteiger charge is -2.24. The van der Waals surface area contributed by atoms with Gasteiger partial charge >= 0.3 is 0 Å². The van der Waals surface area contributed by atoms with Gasteiger partial charge in [0.25, 0.3) is 0 Å². The first-order chi connectivity index (χ1) is 10.7. The van der Waals surface area contributed by atoms with Gasteiger partial charge in [0.15, 0.2) is 0 Å². The molecule has 0 aliphatic rings. The Labute approximate surface area is 135 Å². The first kappa shape index (κ1) is 18.2. The smallest absolute Gasteiger partial charge is 0.0426 e. The summed E-state index contributed by atoms with van der Waals surface area (Å²) in [5.74, 6) is 0. The lowest BCUT2D eigenvalue weighted by molar-refractivity contribution is 0.415. The monoisotopic (exact) mass is 299 g/mol. The van der Waals surface area contributed by atoms with Crippen LogP contribution in [0.3, 0.4) is 0 Å². The minimum absolute atomic E-state index is 0.668. The van der Waals surface area contributed by atoms with Crippen molar-refractivity contribution in [3.05, 3.63) is 72.0 Å². The second-order valence-electron chi connectivity index (χ2n) is 5.31. The van der Waals surface area contributed by atoms with E-state index >= 15 is 0 Å². The van der Waals surface area contributed by atoms with Crippen molar-refractivity contribution in [3.8, 4) is 0 Å². The van der Waals surface area contributed by atoms with Crippen LogP contribution in [-0.4, -0.2) is 31.6 Å². The summed E-state index contributed by atoms with van der Waals surface area (Å²) in [5, 5.41) is 3.32. The van der Waals surface area contributed by atoms with Gasteiger partial charge in [-0.1, -0.05) is 49.1 Å². The molecular formula is C19H29N3. The predicted molar refractivity (Wildman–Crippen MR) is 96.5 cm³/mol. The number of nitrogens with zero attached hydrogens (tertiary/aromatic N) is 1. The Hall–Kier alpha value is -1.84. The quantitative estimate of drug-likeness (QED) is 0.515. The number of hydrogen-bond donors (Lipinski definition) is 2. The third-order valence-corrected chi connectivity index (χ3v) is 3.41. The van der Waals surface area contributed by atoms with Gasteiger partial charge in [-0.2, -0.15) is 0 Å². The largest absolute Gasteiger partial charge is 0.370 e. The molecule has 0 fully saturated rings. The van der Waals surface area contributed by atoms with Gasteiger partial charge in [0.1, 0.15) is 0 Å². The first-order valence-corrected chi connectivity index (χ1v) is 7.86. The van der Waals surface area contributed by atoms with Crippen molar-refractivity contribution in [2.45, 2.75) is 19.9 Å². The van der Waals surface area contributed by atoms with Crippen LogP contribution in [0.4, 0.5) is 0 Å². The maximum Gasteiger partial charge on any atom is 0.0426 e. The third kappa shape index (κ3) is 6.74. The molecule has 0 saturated heterocycles. The summed E-state index contributed by atoms with van der Waals surface area (Å²) in [6.45, 7) is 9.57. The van der Waals surface area contributed by atoms with Crippen LogP contribution in [0.1, 0.15) is 18.9 Å². The van der Waals surface area contributed by atoms with E-state index in [4.69, 9.17) is 5.73 Å². The Kier molecular flexibility index (Phi) is 8.96. The van der Waals surface area contributed by atoms with E-state index in [9.17, 15) is 0 Å². The van der Waals surface area contributed by atoms with E-state index in [1.807, 2.05) is 19.1 Å². The number of allylic oxidation sites excluding steroid dienone is 4. The fourth-order valence-corrected chi connectivity index (χ4v) is 2.24. The number of nitrogens with one attached hydrogen (secondary N) is 1. The van der Waals surface area contributed by atoms with Gasteiger partial charge < -0.3 is 16.0 Å². The summed E-state index contributed by atoms with van der Waals surface area (Å²) < 4.78 is 0. The van der Waals surface area contributed by atoms with Crippen LogP contribution in [0.25, 0.3) is 0 Å². The zero-order valence-electron chi connectivity index (χ0n) is 13.9. The number of likely N-dealkylation sites (N-methyl/N-ethyl adjacent to an activating group) is 1. The van der Waals surface area contributed by atoms with E-state index in [2.05, 4.69) is 60.3 Å². The molecule has 3 heteroatoms. The average Bonchev–Trinajstić information content (AvgIpc) is 2.53. The lowest BCUT2D eigenvalue weighted by Crippen LogP contribution is -2.25. The summed E-state index contributed by atoms with van der Waals surface area (Å²) >= 11 is 0. The van der Waals surface area contributed by atoms with Crippen LogP contribution in [0.2, 0.25) is 0 Å². The van der Waals surface area contributed by atoms with Crippen LogP contribution in [0.15, 0.2) is 66.4 Å². The molecule has 3 nitrogen and oxygen atoms in total. The summed E-state index contributed by atoms with van der Waals surface area (Å²) in [4.78, 5) is 2.25. The molecule has 1 rings (SSSR count). The maximum atomic E-state index is 5.49. The van der Waals surface area contributed by atoms with E-state index in [0.717, 1.165) is 31.6 Å². The fraction of sp³-hybridized carbons (Fsp3) is 0.368. The van der Waals surface area contributed by atoms with E-state index in [1.165, 1.54) is 11.3 Å². The maximum absolute atomic E-state index is 5.49. The Bertz CT molecular complexity index is 489. The number of benzene rings is 1. The van der Waals surface area contributed by atoms with Gasteiger partial charge in [-0.15, -0.1) is 0 Å². The highest BCUT2D eigenvalue weighted by molar-refractivity contribution is 5.31. The Morgan fingerprint density at radius 2 is 2.00 bits per heavy atom.